The SMILES string of the molecule is Cc1cc(=O)[nH]c(SCc2nc3ccc(N)cc3[nH]2)n1. The number of aromatic amines is 2. The molecule has 1 aromatic carbocycles. The second kappa shape index (κ2) is 5.01. The molecule has 0 aliphatic heterocycles. The average molecular weight is 287 g/mol. The van der Waals surface area contributed by atoms with Crippen LogP contribution in [0.2, 0.25) is 0 Å². The first-order valence-electron chi connectivity index (χ1n) is 6.05. The number of nitrogen functional groups attached to an aromatic ring is 1. The molecule has 2 aromatic heterocycles. The van der Waals surface area contributed by atoms with Crippen LogP contribution in [0.25, 0.3) is 11.0 Å². The maximum Gasteiger partial charge on any atom is 0.251 e. The number of hydrogen-bond acceptors (Lipinski definition) is 5. The Labute approximate surface area is 118 Å². The van der Waals surface area contributed by atoms with Gasteiger partial charge in [0, 0.05) is 17.4 Å². The van der Waals surface area contributed by atoms with Crippen LogP contribution >= 0.6 is 11.8 Å². The minimum absolute atomic E-state index is 0.141. The number of benzene rings is 1. The number of rotatable bonds is 3. The second-order valence-electron chi connectivity index (χ2n) is 4.44. The summed E-state index contributed by atoms with van der Waals surface area (Å²) in [6.07, 6.45) is 0. The Balaban J connectivity index is 1.81. The van der Waals surface area contributed by atoms with E-state index in [2.05, 4.69) is 19.9 Å². The number of H-pyrrole nitrogens is 2. The highest BCUT2D eigenvalue weighted by Gasteiger charge is 2.05. The lowest BCUT2D eigenvalue weighted by atomic mass is 10.3. The van der Waals surface area contributed by atoms with Crippen molar-refractivity contribution in [2.24, 2.45) is 0 Å². The molecule has 0 unspecified atom stereocenters. The summed E-state index contributed by atoms with van der Waals surface area (Å²) in [5.74, 6) is 1.42. The van der Waals surface area contributed by atoms with Crippen molar-refractivity contribution in [3.8, 4) is 0 Å². The first kappa shape index (κ1) is 12.7. The van der Waals surface area contributed by atoms with Gasteiger partial charge in [0.25, 0.3) is 5.56 Å². The number of imidazole rings is 1. The molecule has 6 nitrogen and oxygen atoms in total. The molecule has 0 aliphatic rings. The van der Waals surface area contributed by atoms with Gasteiger partial charge >= 0.3 is 0 Å². The quantitative estimate of drug-likeness (QED) is 0.387. The number of nitrogens with two attached hydrogens (primary N) is 1. The van der Waals surface area contributed by atoms with E-state index < -0.39 is 0 Å². The third kappa shape index (κ3) is 2.67. The molecular weight excluding hydrogens is 274 g/mol. The van der Waals surface area contributed by atoms with Crippen LogP contribution in [0, 0.1) is 6.92 Å². The van der Waals surface area contributed by atoms with Crippen molar-refractivity contribution >= 4 is 28.5 Å². The van der Waals surface area contributed by atoms with E-state index in [0.29, 0.717) is 22.3 Å². The van der Waals surface area contributed by atoms with E-state index >= 15 is 0 Å². The summed E-state index contributed by atoms with van der Waals surface area (Å²) in [4.78, 5) is 26.0. The molecule has 0 aliphatic carbocycles. The number of hydrogen-bond donors (Lipinski definition) is 3. The molecule has 0 saturated carbocycles. The van der Waals surface area contributed by atoms with Gasteiger partial charge in [0.15, 0.2) is 5.16 Å². The number of aromatic nitrogens is 4. The van der Waals surface area contributed by atoms with Gasteiger partial charge in [0.1, 0.15) is 5.82 Å². The van der Waals surface area contributed by atoms with E-state index in [9.17, 15) is 4.79 Å². The molecule has 0 spiro atoms. The van der Waals surface area contributed by atoms with E-state index in [0.717, 1.165) is 16.9 Å². The van der Waals surface area contributed by atoms with Gasteiger partial charge in [-0.25, -0.2) is 9.97 Å². The van der Waals surface area contributed by atoms with Crippen LogP contribution in [-0.4, -0.2) is 19.9 Å². The van der Waals surface area contributed by atoms with Gasteiger partial charge in [0.2, 0.25) is 0 Å². The maximum absolute atomic E-state index is 11.4. The molecule has 0 bridgehead atoms. The van der Waals surface area contributed by atoms with Gasteiger partial charge in [-0.15, -0.1) is 0 Å². The minimum Gasteiger partial charge on any atom is -0.399 e. The van der Waals surface area contributed by atoms with Crippen molar-refractivity contribution in [1.29, 1.82) is 0 Å². The van der Waals surface area contributed by atoms with Gasteiger partial charge in [-0.2, -0.15) is 0 Å². The van der Waals surface area contributed by atoms with Gasteiger partial charge in [-0.3, -0.25) is 4.79 Å². The standard InChI is InChI=1S/C13H13N5OS/c1-7-4-12(19)18-13(15-7)20-6-11-16-9-3-2-8(14)5-10(9)17-11/h2-5H,6,14H2,1H3,(H,16,17)(H,15,18,19). The number of nitrogens with zero attached hydrogens (tertiary/aromatic N) is 2. The molecular formula is C13H13N5OS. The summed E-state index contributed by atoms with van der Waals surface area (Å²) in [5.41, 5.74) is 8.77. The Bertz CT molecular complexity index is 823. The third-order valence-corrected chi connectivity index (χ3v) is 3.63. The van der Waals surface area contributed by atoms with Crippen molar-refractivity contribution in [2.75, 3.05) is 5.73 Å². The summed E-state index contributed by atoms with van der Waals surface area (Å²) >= 11 is 1.43. The molecule has 7 heteroatoms. The fraction of sp³-hybridized carbons (Fsp3) is 0.154. The minimum atomic E-state index is -0.141. The molecule has 0 fully saturated rings. The Morgan fingerprint density at radius 1 is 1.25 bits per heavy atom. The van der Waals surface area contributed by atoms with E-state index in [-0.39, 0.29) is 5.56 Å². The van der Waals surface area contributed by atoms with E-state index in [4.69, 9.17) is 5.73 Å². The molecule has 102 valence electrons. The summed E-state index contributed by atoms with van der Waals surface area (Å²) in [7, 11) is 0. The fourth-order valence-electron chi connectivity index (χ4n) is 1.91. The lowest BCUT2D eigenvalue weighted by Gasteiger charge is -1.99. The van der Waals surface area contributed by atoms with Crippen LogP contribution in [0.1, 0.15) is 11.5 Å². The molecule has 4 N–H and O–H groups in total. The Kier molecular flexibility index (Phi) is 3.19. The Morgan fingerprint density at radius 3 is 2.90 bits per heavy atom. The maximum atomic E-state index is 11.4. The molecule has 0 atom stereocenters. The fourth-order valence-corrected chi connectivity index (χ4v) is 2.70. The highest BCUT2D eigenvalue weighted by molar-refractivity contribution is 7.98. The third-order valence-electron chi connectivity index (χ3n) is 2.75. The highest BCUT2D eigenvalue weighted by atomic mass is 32.2. The lowest BCUT2D eigenvalue weighted by Crippen LogP contribution is -2.08. The predicted molar refractivity (Wildman–Crippen MR) is 79.7 cm³/mol. The number of thioether (sulfide) groups is 1. The van der Waals surface area contributed by atoms with Crippen LogP contribution in [0.3, 0.4) is 0 Å². The van der Waals surface area contributed by atoms with Gasteiger partial charge in [-0.1, -0.05) is 11.8 Å². The number of aryl methyl sites for hydroxylation is 1. The average Bonchev–Trinajstić information content (AvgIpc) is 2.77. The molecule has 3 rings (SSSR count). The first-order chi connectivity index (χ1) is 9.60. The highest BCUT2D eigenvalue weighted by Crippen LogP contribution is 2.20. The van der Waals surface area contributed by atoms with Gasteiger partial charge in [0.05, 0.1) is 16.8 Å². The number of anilines is 1. The van der Waals surface area contributed by atoms with Gasteiger partial charge in [-0.05, 0) is 25.1 Å². The molecule has 3 aromatic rings. The first-order valence-corrected chi connectivity index (χ1v) is 7.03. The van der Waals surface area contributed by atoms with E-state index in [1.807, 2.05) is 18.2 Å². The zero-order valence-electron chi connectivity index (χ0n) is 10.8. The molecule has 0 saturated heterocycles. The summed E-state index contributed by atoms with van der Waals surface area (Å²) in [6, 6.07) is 7.01. The van der Waals surface area contributed by atoms with Crippen LogP contribution in [0.15, 0.2) is 34.2 Å². The predicted octanol–water partition coefficient (Wildman–Crippen LogP) is 1.83. The van der Waals surface area contributed by atoms with Crippen molar-refractivity contribution in [3.63, 3.8) is 0 Å². The molecule has 0 radical (unpaired) electrons. The Morgan fingerprint density at radius 2 is 2.10 bits per heavy atom. The number of fused-ring (bicyclic) bond motifs is 1. The van der Waals surface area contributed by atoms with Crippen LogP contribution < -0.4 is 11.3 Å². The Hall–Kier alpha value is -2.28. The number of nitrogens with one attached hydrogen (secondary N) is 2. The summed E-state index contributed by atoms with van der Waals surface area (Å²) in [6.45, 7) is 1.79. The largest absolute Gasteiger partial charge is 0.399 e. The van der Waals surface area contributed by atoms with Crippen molar-refractivity contribution in [2.45, 2.75) is 17.8 Å². The molecule has 2 heterocycles. The molecule has 20 heavy (non-hydrogen) atoms. The van der Waals surface area contributed by atoms with Gasteiger partial charge < -0.3 is 15.7 Å². The van der Waals surface area contributed by atoms with Crippen molar-refractivity contribution < 1.29 is 0 Å². The zero-order valence-corrected chi connectivity index (χ0v) is 11.6. The van der Waals surface area contributed by atoms with Crippen molar-refractivity contribution in [1.82, 2.24) is 19.9 Å². The van der Waals surface area contributed by atoms with E-state index in [1.54, 1.807) is 6.92 Å². The lowest BCUT2D eigenvalue weighted by molar-refractivity contribution is 0.903. The van der Waals surface area contributed by atoms with Crippen LogP contribution in [0.4, 0.5) is 5.69 Å². The van der Waals surface area contributed by atoms with Crippen LogP contribution in [0.5, 0.6) is 0 Å². The van der Waals surface area contributed by atoms with Crippen LogP contribution in [-0.2, 0) is 5.75 Å². The normalized spacial score (nSPS) is 11.1. The second-order valence-corrected chi connectivity index (χ2v) is 5.40. The topological polar surface area (TPSA) is 100 Å². The van der Waals surface area contributed by atoms with E-state index in [1.165, 1.54) is 17.8 Å². The van der Waals surface area contributed by atoms with Crippen molar-refractivity contribution in [3.05, 3.63) is 46.1 Å². The molecule has 0 amide bonds. The smallest absolute Gasteiger partial charge is 0.251 e. The zero-order chi connectivity index (χ0) is 14.1. The monoisotopic (exact) mass is 287 g/mol. The summed E-state index contributed by atoms with van der Waals surface area (Å²) in [5, 5.41) is 0.593. The summed E-state index contributed by atoms with van der Waals surface area (Å²) < 4.78 is 0.